The number of amides is 1. The van der Waals surface area contributed by atoms with Crippen LogP contribution in [0.2, 0.25) is 0 Å². The van der Waals surface area contributed by atoms with Crippen molar-refractivity contribution in [3.63, 3.8) is 0 Å². The molecule has 1 heterocycles. The van der Waals surface area contributed by atoms with Gasteiger partial charge in [-0.25, -0.2) is 4.99 Å². The summed E-state index contributed by atoms with van der Waals surface area (Å²) in [4.78, 5) is 20.4. The number of para-hydroxylation sites is 1. The molecule has 1 aliphatic heterocycles. The smallest absolute Gasteiger partial charge is 0.266 e. The van der Waals surface area contributed by atoms with Gasteiger partial charge in [0.15, 0.2) is 5.17 Å². The van der Waals surface area contributed by atoms with Crippen LogP contribution in [-0.2, 0) is 11.2 Å². The Bertz CT molecular complexity index is 1060. The van der Waals surface area contributed by atoms with E-state index >= 15 is 0 Å². The molecule has 0 aliphatic carbocycles. The molecule has 0 bridgehead atoms. The summed E-state index contributed by atoms with van der Waals surface area (Å²) in [6, 6.07) is 28.1. The first kappa shape index (κ1) is 19.9. The topological polar surface area (TPSA) is 32.7 Å². The van der Waals surface area contributed by atoms with Gasteiger partial charge in [-0.2, -0.15) is 0 Å². The monoisotopic (exact) mass is 510 g/mol. The predicted octanol–water partition coefficient (Wildman–Crippen LogP) is 6.14. The normalized spacial score (nSPS) is 16.7. The third-order valence-electron chi connectivity index (χ3n) is 4.48. The van der Waals surface area contributed by atoms with Crippen molar-refractivity contribution in [1.82, 2.24) is 4.90 Å². The van der Waals surface area contributed by atoms with Gasteiger partial charge in [0.1, 0.15) is 0 Å². The van der Waals surface area contributed by atoms with Crippen LogP contribution in [-0.4, -0.2) is 22.5 Å². The van der Waals surface area contributed by atoms with Gasteiger partial charge in [-0.3, -0.25) is 9.69 Å². The number of carbonyl (C=O) groups excluding carboxylic acids is 1. The molecule has 0 atom stereocenters. The Hall–Kier alpha value is -2.38. The molecule has 0 saturated carbocycles. The number of rotatable bonds is 5. The first-order valence-corrected chi connectivity index (χ1v) is 11.2. The average Bonchev–Trinajstić information content (AvgIpc) is 3.02. The minimum atomic E-state index is 0.0134. The van der Waals surface area contributed by atoms with E-state index in [1.54, 1.807) is 4.90 Å². The quantitative estimate of drug-likeness (QED) is 0.305. The maximum atomic E-state index is 13.2. The zero-order valence-electron chi connectivity index (χ0n) is 15.7. The van der Waals surface area contributed by atoms with Crippen molar-refractivity contribution in [2.75, 3.05) is 6.54 Å². The van der Waals surface area contributed by atoms with E-state index in [1.165, 1.54) is 17.3 Å². The van der Waals surface area contributed by atoms with Crippen molar-refractivity contribution < 1.29 is 4.79 Å². The Morgan fingerprint density at radius 1 is 0.931 bits per heavy atom. The second-order valence-electron chi connectivity index (χ2n) is 6.59. The van der Waals surface area contributed by atoms with Crippen LogP contribution in [0, 0.1) is 3.57 Å². The molecule has 0 aromatic heterocycles. The molecule has 1 fully saturated rings. The number of halogens is 1. The van der Waals surface area contributed by atoms with E-state index in [0.717, 1.165) is 26.4 Å². The highest BCUT2D eigenvalue weighted by Crippen LogP contribution is 2.34. The number of benzene rings is 3. The molecule has 4 rings (SSSR count). The Kier molecular flexibility index (Phi) is 6.46. The lowest BCUT2D eigenvalue weighted by atomic mass is 10.1. The fourth-order valence-electron chi connectivity index (χ4n) is 3.03. The summed E-state index contributed by atoms with van der Waals surface area (Å²) in [7, 11) is 0. The first-order chi connectivity index (χ1) is 14.2. The van der Waals surface area contributed by atoms with Crippen molar-refractivity contribution in [3.8, 4) is 0 Å². The molecule has 144 valence electrons. The summed E-state index contributed by atoms with van der Waals surface area (Å²) in [5.74, 6) is 0.0134. The zero-order valence-corrected chi connectivity index (χ0v) is 18.6. The third kappa shape index (κ3) is 5.16. The Morgan fingerprint density at radius 2 is 1.66 bits per heavy atom. The van der Waals surface area contributed by atoms with Crippen LogP contribution in [0.25, 0.3) is 6.08 Å². The molecule has 0 N–H and O–H groups in total. The third-order valence-corrected chi connectivity index (χ3v) is 6.16. The number of hydrogen-bond acceptors (Lipinski definition) is 3. The molecule has 1 aliphatic rings. The second kappa shape index (κ2) is 9.41. The zero-order chi connectivity index (χ0) is 20.1. The minimum absolute atomic E-state index is 0.0134. The largest absolute Gasteiger partial charge is 0.286 e. The molecule has 3 aromatic carbocycles. The molecular weight excluding hydrogens is 491 g/mol. The minimum Gasteiger partial charge on any atom is -0.286 e. The number of thioether (sulfide) groups is 1. The molecule has 5 heteroatoms. The van der Waals surface area contributed by atoms with E-state index in [9.17, 15) is 4.79 Å². The molecular formula is C24H19IN2OS. The summed E-state index contributed by atoms with van der Waals surface area (Å²) in [5.41, 5.74) is 3.08. The first-order valence-electron chi connectivity index (χ1n) is 9.34. The van der Waals surface area contributed by atoms with Gasteiger partial charge in [0.2, 0.25) is 0 Å². The van der Waals surface area contributed by atoms with E-state index in [4.69, 9.17) is 4.99 Å². The van der Waals surface area contributed by atoms with Crippen molar-refractivity contribution >= 4 is 57.2 Å². The van der Waals surface area contributed by atoms with Gasteiger partial charge < -0.3 is 0 Å². The van der Waals surface area contributed by atoms with Crippen LogP contribution < -0.4 is 0 Å². The maximum Gasteiger partial charge on any atom is 0.266 e. The summed E-state index contributed by atoms with van der Waals surface area (Å²) in [6.45, 7) is 0.602. The lowest BCUT2D eigenvalue weighted by Gasteiger charge is -2.15. The summed E-state index contributed by atoms with van der Waals surface area (Å²) in [5, 5.41) is 0.731. The molecule has 3 nitrogen and oxygen atoms in total. The Balaban J connectivity index is 1.63. The summed E-state index contributed by atoms with van der Waals surface area (Å²) in [6.07, 6.45) is 2.75. The van der Waals surface area contributed by atoms with Crippen LogP contribution in [0.15, 0.2) is 94.8 Å². The van der Waals surface area contributed by atoms with Crippen LogP contribution in [0.5, 0.6) is 0 Å². The highest BCUT2D eigenvalue weighted by molar-refractivity contribution is 14.1. The summed E-state index contributed by atoms with van der Waals surface area (Å²) >= 11 is 3.73. The molecule has 0 radical (unpaired) electrons. The average molecular weight is 510 g/mol. The maximum absolute atomic E-state index is 13.2. The number of nitrogens with zero attached hydrogens (tertiary/aromatic N) is 2. The lowest BCUT2D eigenvalue weighted by Crippen LogP contribution is -2.31. The van der Waals surface area contributed by atoms with Crippen molar-refractivity contribution in [2.45, 2.75) is 6.42 Å². The molecule has 0 unspecified atom stereocenters. The van der Waals surface area contributed by atoms with Gasteiger partial charge in [0.05, 0.1) is 10.6 Å². The Labute approximate surface area is 188 Å². The SMILES string of the molecule is O=C1C(=Cc2cccc(I)c2)SC(=Nc2ccccc2)N1CCc1ccccc1. The molecule has 1 amide bonds. The van der Waals surface area contributed by atoms with Gasteiger partial charge >= 0.3 is 0 Å². The van der Waals surface area contributed by atoms with E-state index in [2.05, 4.69) is 40.8 Å². The van der Waals surface area contributed by atoms with Crippen molar-refractivity contribution in [1.29, 1.82) is 0 Å². The van der Waals surface area contributed by atoms with E-state index in [1.807, 2.05) is 72.8 Å². The Morgan fingerprint density at radius 3 is 2.38 bits per heavy atom. The highest BCUT2D eigenvalue weighted by atomic mass is 127. The van der Waals surface area contributed by atoms with Gasteiger partial charge in [-0.15, -0.1) is 0 Å². The lowest BCUT2D eigenvalue weighted by molar-refractivity contribution is -0.122. The second-order valence-corrected chi connectivity index (χ2v) is 8.84. The van der Waals surface area contributed by atoms with E-state index in [0.29, 0.717) is 11.4 Å². The summed E-state index contributed by atoms with van der Waals surface area (Å²) < 4.78 is 1.14. The number of carbonyl (C=O) groups is 1. The number of aliphatic imine (C=N–C) groups is 1. The van der Waals surface area contributed by atoms with Gasteiger partial charge in [0.25, 0.3) is 5.91 Å². The van der Waals surface area contributed by atoms with Crippen molar-refractivity contribution in [3.05, 3.63) is 105 Å². The van der Waals surface area contributed by atoms with Crippen LogP contribution in [0.3, 0.4) is 0 Å². The number of hydrogen-bond donors (Lipinski definition) is 0. The van der Waals surface area contributed by atoms with Crippen molar-refractivity contribution in [2.24, 2.45) is 4.99 Å². The highest BCUT2D eigenvalue weighted by Gasteiger charge is 2.33. The molecule has 29 heavy (non-hydrogen) atoms. The van der Waals surface area contributed by atoms with Gasteiger partial charge in [0, 0.05) is 10.1 Å². The van der Waals surface area contributed by atoms with E-state index in [-0.39, 0.29) is 5.91 Å². The van der Waals surface area contributed by atoms with Crippen LogP contribution >= 0.6 is 34.4 Å². The molecule has 0 spiro atoms. The van der Waals surface area contributed by atoms with Gasteiger partial charge in [-0.05, 0) is 82.2 Å². The van der Waals surface area contributed by atoms with E-state index < -0.39 is 0 Å². The number of amidine groups is 1. The van der Waals surface area contributed by atoms with Crippen LogP contribution in [0.4, 0.5) is 5.69 Å². The fraction of sp³-hybridized carbons (Fsp3) is 0.0833. The molecule has 1 saturated heterocycles. The van der Waals surface area contributed by atoms with Gasteiger partial charge in [-0.1, -0.05) is 60.7 Å². The predicted molar refractivity (Wildman–Crippen MR) is 130 cm³/mol. The fourth-order valence-corrected chi connectivity index (χ4v) is 4.63. The van der Waals surface area contributed by atoms with Crippen LogP contribution in [0.1, 0.15) is 11.1 Å². The standard InChI is InChI=1S/C24H19IN2OS/c25-20-11-7-10-19(16-20)17-22-23(28)27(15-14-18-8-3-1-4-9-18)24(29-22)26-21-12-5-2-6-13-21/h1-13,16-17H,14-15H2. The molecule has 3 aromatic rings.